The molecule has 172 valence electrons. The SMILES string of the molecule is CCCOc1cccc([C@@H]2c3c(oc4ccccc4c3=O)C(=O)N2c2nc(C)c(C(C)=O)s2)c1. The number of carbonyl (C=O) groups excluding carboxylic acids is 2. The number of nitrogens with zero attached hydrogens (tertiary/aromatic N) is 2. The summed E-state index contributed by atoms with van der Waals surface area (Å²) >= 11 is 1.14. The number of hydrogen-bond donors (Lipinski definition) is 0. The lowest BCUT2D eigenvalue weighted by Gasteiger charge is -2.23. The van der Waals surface area contributed by atoms with Gasteiger partial charge in [-0.15, -0.1) is 0 Å². The Balaban J connectivity index is 1.75. The van der Waals surface area contributed by atoms with Gasteiger partial charge in [-0.1, -0.05) is 42.5 Å². The van der Waals surface area contributed by atoms with Crippen LogP contribution in [0.15, 0.2) is 57.7 Å². The third kappa shape index (κ3) is 3.51. The Kier molecular flexibility index (Phi) is 5.53. The Morgan fingerprint density at radius 2 is 1.97 bits per heavy atom. The van der Waals surface area contributed by atoms with E-state index < -0.39 is 11.9 Å². The number of benzene rings is 2. The Morgan fingerprint density at radius 1 is 1.18 bits per heavy atom. The number of carbonyl (C=O) groups is 2. The highest BCUT2D eigenvalue weighted by molar-refractivity contribution is 7.17. The van der Waals surface area contributed by atoms with Crippen LogP contribution in [0.4, 0.5) is 5.13 Å². The molecule has 0 N–H and O–H groups in total. The van der Waals surface area contributed by atoms with Crippen molar-refractivity contribution >= 4 is 39.1 Å². The second-order valence-electron chi connectivity index (χ2n) is 8.14. The number of amides is 1. The maximum atomic E-state index is 13.7. The summed E-state index contributed by atoms with van der Waals surface area (Å²) < 4.78 is 11.8. The highest BCUT2D eigenvalue weighted by atomic mass is 32.1. The van der Waals surface area contributed by atoms with E-state index in [4.69, 9.17) is 9.15 Å². The summed E-state index contributed by atoms with van der Waals surface area (Å²) in [5, 5.41) is 0.742. The molecule has 2 aromatic carbocycles. The number of aryl methyl sites for hydroxylation is 1. The van der Waals surface area contributed by atoms with Crippen LogP contribution in [-0.2, 0) is 0 Å². The van der Waals surface area contributed by atoms with Crippen molar-refractivity contribution in [1.82, 2.24) is 4.98 Å². The van der Waals surface area contributed by atoms with Gasteiger partial charge in [0.15, 0.2) is 16.3 Å². The minimum atomic E-state index is -0.765. The number of aromatic nitrogens is 1. The molecule has 1 amide bonds. The molecule has 2 aromatic heterocycles. The molecule has 4 aromatic rings. The van der Waals surface area contributed by atoms with Crippen molar-refractivity contribution in [2.75, 3.05) is 11.5 Å². The first-order valence-corrected chi connectivity index (χ1v) is 11.8. The van der Waals surface area contributed by atoms with E-state index in [0.717, 1.165) is 17.8 Å². The lowest BCUT2D eigenvalue weighted by atomic mass is 9.98. The summed E-state index contributed by atoms with van der Waals surface area (Å²) in [6.45, 7) is 5.77. The van der Waals surface area contributed by atoms with Crippen LogP contribution in [0.25, 0.3) is 11.0 Å². The van der Waals surface area contributed by atoms with Crippen LogP contribution < -0.4 is 15.1 Å². The first-order chi connectivity index (χ1) is 16.4. The summed E-state index contributed by atoms with van der Waals surface area (Å²) in [5.74, 6) is 0.0411. The van der Waals surface area contributed by atoms with E-state index in [0.29, 0.717) is 44.6 Å². The summed E-state index contributed by atoms with van der Waals surface area (Å²) in [4.78, 5) is 45.8. The number of hydrogen-bond acceptors (Lipinski definition) is 7. The zero-order valence-corrected chi connectivity index (χ0v) is 19.8. The van der Waals surface area contributed by atoms with Crippen LogP contribution in [0.5, 0.6) is 5.75 Å². The van der Waals surface area contributed by atoms with Crippen LogP contribution in [0.2, 0.25) is 0 Å². The lowest BCUT2D eigenvalue weighted by molar-refractivity contribution is 0.0969. The molecule has 3 heterocycles. The predicted molar refractivity (Wildman–Crippen MR) is 130 cm³/mol. The van der Waals surface area contributed by atoms with Crippen molar-refractivity contribution in [3.05, 3.63) is 86.2 Å². The van der Waals surface area contributed by atoms with Gasteiger partial charge in [0.05, 0.1) is 34.2 Å². The first kappa shape index (κ1) is 22.0. The molecule has 0 fully saturated rings. The molecule has 8 heteroatoms. The van der Waals surface area contributed by atoms with Gasteiger partial charge < -0.3 is 9.15 Å². The van der Waals surface area contributed by atoms with Gasteiger partial charge in [0.1, 0.15) is 11.3 Å². The quantitative estimate of drug-likeness (QED) is 0.352. The van der Waals surface area contributed by atoms with E-state index in [2.05, 4.69) is 4.98 Å². The third-order valence-corrected chi connectivity index (χ3v) is 6.99. The average molecular weight is 475 g/mol. The molecule has 34 heavy (non-hydrogen) atoms. The molecule has 0 saturated heterocycles. The molecule has 0 saturated carbocycles. The van der Waals surface area contributed by atoms with Crippen LogP contribution in [-0.4, -0.2) is 23.3 Å². The van der Waals surface area contributed by atoms with E-state index >= 15 is 0 Å². The Bertz CT molecular complexity index is 1500. The van der Waals surface area contributed by atoms with Gasteiger partial charge >= 0.3 is 0 Å². The first-order valence-electron chi connectivity index (χ1n) is 11.0. The monoisotopic (exact) mass is 474 g/mol. The second kappa shape index (κ2) is 8.53. The molecule has 0 bridgehead atoms. The van der Waals surface area contributed by atoms with Crippen molar-refractivity contribution < 1.29 is 18.7 Å². The minimum absolute atomic E-state index is 0.00851. The fourth-order valence-electron chi connectivity index (χ4n) is 4.24. The van der Waals surface area contributed by atoms with Gasteiger partial charge in [-0.2, -0.15) is 0 Å². The van der Waals surface area contributed by atoms with Crippen molar-refractivity contribution in [2.45, 2.75) is 33.2 Å². The molecule has 0 unspecified atom stereocenters. The van der Waals surface area contributed by atoms with Gasteiger partial charge in [-0.05, 0) is 43.2 Å². The normalized spacial score (nSPS) is 15.1. The Labute approximate surface area is 199 Å². The number of thiazole rings is 1. The van der Waals surface area contributed by atoms with Gasteiger partial charge in [0.2, 0.25) is 5.76 Å². The zero-order chi connectivity index (χ0) is 24.0. The predicted octanol–water partition coefficient (Wildman–Crippen LogP) is 5.30. The molecular weight excluding hydrogens is 452 g/mol. The maximum absolute atomic E-state index is 13.7. The molecule has 0 radical (unpaired) electrons. The van der Waals surface area contributed by atoms with Gasteiger partial charge in [0.25, 0.3) is 5.91 Å². The Morgan fingerprint density at radius 3 is 2.71 bits per heavy atom. The molecule has 5 rings (SSSR count). The molecule has 1 aliphatic rings. The molecule has 0 aliphatic carbocycles. The molecule has 7 nitrogen and oxygen atoms in total. The van der Waals surface area contributed by atoms with E-state index in [9.17, 15) is 14.4 Å². The summed E-state index contributed by atoms with van der Waals surface area (Å²) in [5.41, 5.74) is 1.58. The number of rotatable bonds is 6. The summed E-state index contributed by atoms with van der Waals surface area (Å²) in [7, 11) is 0. The van der Waals surface area contributed by atoms with Crippen molar-refractivity contribution in [1.29, 1.82) is 0 Å². The Hall–Kier alpha value is -3.78. The summed E-state index contributed by atoms with van der Waals surface area (Å²) in [6, 6.07) is 13.5. The zero-order valence-electron chi connectivity index (χ0n) is 19.0. The smallest absolute Gasteiger partial charge is 0.297 e. The van der Waals surface area contributed by atoms with Gasteiger partial charge in [-0.25, -0.2) is 4.98 Å². The van der Waals surface area contributed by atoms with Crippen LogP contribution in [0.1, 0.15) is 63.4 Å². The van der Waals surface area contributed by atoms with Gasteiger partial charge in [0, 0.05) is 6.92 Å². The fourth-order valence-corrected chi connectivity index (χ4v) is 5.23. The van der Waals surface area contributed by atoms with E-state index in [-0.39, 0.29) is 22.5 Å². The lowest BCUT2D eigenvalue weighted by Crippen LogP contribution is -2.29. The van der Waals surface area contributed by atoms with E-state index in [1.54, 1.807) is 31.2 Å². The third-order valence-electron chi connectivity index (χ3n) is 5.74. The standard InChI is InChI=1S/C26H22N2O5S/c1-4-12-32-17-9-7-8-16(13-17)21-20-22(30)18-10-5-6-11-19(18)33-23(20)25(31)28(21)26-27-14(2)24(34-26)15(3)29/h5-11,13,21H,4,12H2,1-3H3/t21-/m1/s1. The largest absolute Gasteiger partial charge is 0.494 e. The minimum Gasteiger partial charge on any atom is -0.494 e. The highest BCUT2D eigenvalue weighted by Crippen LogP contribution is 2.43. The summed E-state index contributed by atoms with van der Waals surface area (Å²) in [6.07, 6.45) is 0.850. The number of ketones is 1. The molecule has 0 spiro atoms. The second-order valence-corrected chi connectivity index (χ2v) is 9.11. The van der Waals surface area contributed by atoms with Crippen LogP contribution in [0.3, 0.4) is 0 Å². The van der Waals surface area contributed by atoms with Crippen molar-refractivity contribution in [2.24, 2.45) is 0 Å². The van der Waals surface area contributed by atoms with E-state index in [1.165, 1.54) is 11.8 Å². The maximum Gasteiger partial charge on any atom is 0.297 e. The fraction of sp³-hybridized carbons (Fsp3) is 0.231. The van der Waals surface area contributed by atoms with Crippen molar-refractivity contribution in [3.63, 3.8) is 0 Å². The number of ether oxygens (including phenoxy) is 1. The van der Waals surface area contributed by atoms with Crippen molar-refractivity contribution in [3.8, 4) is 5.75 Å². The number of fused-ring (bicyclic) bond motifs is 2. The van der Waals surface area contributed by atoms with Gasteiger partial charge in [-0.3, -0.25) is 19.3 Å². The van der Waals surface area contributed by atoms with Crippen LogP contribution >= 0.6 is 11.3 Å². The topological polar surface area (TPSA) is 89.7 Å². The molecule has 1 atom stereocenters. The molecule has 1 aliphatic heterocycles. The average Bonchev–Trinajstić information content (AvgIpc) is 3.35. The molecular formula is C26H22N2O5S. The number of para-hydroxylation sites is 1. The van der Waals surface area contributed by atoms with Crippen LogP contribution in [0, 0.1) is 6.92 Å². The number of Topliss-reactive ketones (excluding diaryl/α,β-unsaturated/α-hetero) is 1. The number of anilines is 1. The van der Waals surface area contributed by atoms with E-state index in [1.807, 2.05) is 31.2 Å². The highest BCUT2D eigenvalue weighted by Gasteiger charge is 2.45.